The zero-order valence-electron chi connectivity index (χ0n) is 10.5. The summed E-state index contributed by atoms with van der Waals surface area (Å²) in [5.74, 6) is -0.329. The van der Waals surface area contributed by atoms with Crippen molar-refractivity contribution in [2.24, 2.45) is 0 Å². The fraction of sp³-hybridized carbons (Fsp3) is 0.429. The Morgan fingerprint density at radius 1 is 1.26 bits per heavy atom. The smallest absolute Gasteiger partial charge is 0.261 e. The molecule has 1 saturated heterocycles. The highest BCUT2D eigenvalue weighted by atomic mass is 79.9. The zero-order valence-corrected chi connectivity index (χ0v) is 12.1. The molecule has 1 N–H and O–H groups in total. The maximum absolute atomic E-state index is 12.2. The molecule has 3 rings (SSSR count). The summed E-state index contributed by atoms with van der Waals surface area (Å²) in [6.45, 7) is 1.54. The van der Waals surface area contributed by atoms with Crippen molar-refractivity contribution in [3.05, 3.63) is 33.8 Å². The van der Waals surface area contributed by atoms with Crippen LogP contribution in [0.5, 0.6) is 0 Å². The van der Waals surface area contributed by atoms with Gasteiger partial charge in [-0.3, -0.25) is 14.5 Å². The molecule has 0 aliphatic carbocycles. The van der Waals surface area contributed by atoms with Crippen LogP contribution in [-0.2, 0) is 0 Å². The van der Waals surface area contributed by atoms with Crippen LogP contribution in [0.3, 0.4) is 0 Å². The Kier molecular flexibility index (Phi) is 3.41. The Hall–Kier alpha value is -1.20. The molecule has 1 aromatic rings. The highest BCUT2D eigenvalue weighted by Crippen LogP contribution is 2.26. The maximum atomic E-state index is 12.2. The fourth-order valence-corrected chi connectivity index (χ4v) is 3.12. The van der Waals surface area contributed by atoms with Crippen molar-refractivity contribution in [3.63, 3.8) is 0 Å². The molecule has 19 heavy (non-hydrogen) atoms. The second-order valence-electron chi connectivity index (χ2n) is 5.03. The Morgan fingerprint density at radius 3 is 2.79 bits per heavy atom. The van der Waals surface area contributed by atoms with Crippen molar-refractivity contribution >= 4 is 27.7 Å². The minimum absolute atomic E-state index is 0.162. The van der Waals surface area contributed by atoms with Crippen LogP contribution in [0.4, 0.5) is 0 Å². The first kappa shape index (κ1) is 12.8. The molecule has 1 fully saturated rings. The van der Waals surface area contributed by atoms with Crippen LogP contribution in [0.15, 0.2) is 22.7 Å². The van der Waals surface area contributed by atoms with E-state index in [4.69, 9.17) is 0 Å². The number of rotatable bonds is 3. The van der Waals surface area contributed by atoms with Gasteiger partial charge in [0.1, 0.15) is 0 Å². The number of hydrogen-bond acceptors (Lipinski definition) is 3. The molecule has 2 aliphatic heterocycles. The van der Waals surface area contributed by atoms with Crippen LogP contribution in [0.2, 0.25) is 0 Å². The molecule has 0 aromatic heterocycles. The van der Waals surface area contributed by atoms with Gasteiger partial charge in [0.15, 0.2) is 0 Å². The molecular weight excluding hydrogens is 308 g/mol. The van der Waals surface area contributed by atoms with Crippen molar-refractivity contribution < 1.29 is 9.59 Å². The lowest BCUT2D eigenvalue weighted by Gasteiger charge is -2.16. The van der Waals surface area contributed by atoms with Gasteiger partial charge in [-0.1, -0.05) is 15.9 Å². The molecule has 0 spiro atoms. The second-order valence-corrected chi connectivity index (χ2v) is 5.95. The average molecular weight is 323 g/mol. The molecule has 0 bridgehead atoms. The molecule has 1 unspecified atom stereocenters. The van der Waals surface area contributed by atoms with Crippen LogP contribution in [-0.4, -0.2) is 35.8 Å². The predicted octanol–water partition coefficient (Wildman–Crippen LogP) is 2.19. The lowest BCUT2D eigenvalue weighted by Crippen LogP contribution is -2.34. The maximum Gasteiger partial charge on any atom is 0.261 e. The number of halogens is 1. The molecule has 1 aromatic carbocycles. The van der Waals surface area contributed by atoms with E-state index in [2.05, 4.69) is 21.2 Å². The van der Waals surface area contributed by atoms with Gasteiger partial charge >= 0.3 is 0 Å². The van der Waals surface area contributed by atoms with Gasteiger partial charge < -0.3 is 5.32 Å². The lowest BCUT2D eigenvalue weighted by atomic mass is 10.1. The zero-order chi connectivity index (χ0) is 13.4. The quantitative estimate of drug-likeness (QED) is 0.868. The summed E-state index contributed by atoms with van der Waals surface area (Å²) in [5.41, 5.74) is 1.03. The third-order valence-corrected chi connectivity index (χ3v) is 4.29. The second kappa shape index (κ2) is 5.06. The minimum atomic E-state index is -0.167. The van der Waals surface area contributed by atoms with Gasteiger partial charge in [-0.15, -0.1) is 0 Å². The third kappa shape index (κ3) is 2.32. The van der Waals surface area contributed by atoms with E-state index in [1.807, 2.05) is 0 Å². The number of amides is 2. The fourth-order valence-electron chi connectivity index (χ4n) is 2.75. The summed E-state index contributed by atoms with van der Waals surface area (Å²) in [7, 11) is 0. The molecular formula is C14H15BrN2O2. The summed E-state index contributed by atoms with van der Waals surface area (Å²) in [6.07, 6.45) is 3.15. The average Bonchev–Trinajstić information content (AvgIpc) is 2.98. The van der Waals surface area contributed by atoms with Crippen LogP contribution >= 0.6 is 15.9 Å². The number of nitrogens with zero attached hydrogens (tertiary/aromatic N) is 1. The highest BCUT2D eigenvalue weighted by Gasteiger charge is 2.35. The SMILES string of the molecule is O=C1c2ccc(Br)cc2C(=O)N1CCC1CCCN1. The number of imide groups is 1. The van der Waals surface area contributed by atoms with E-state index >= 15 is 0 Å². The number of carbonyl (C=O) groups is 2. The van der Waals surface area contributed by atoms with Crippen LogP contribution in [0.1, 0.15) is 40.0 Å². The van der Waals surface area contributed by atoms with E-state index in [1.54, 1.807) is 18.2 Å². The predicted molar refractivity (Wildman–Crippen MR) is 75.2 cm³/mol. The number of carbonyl (C=O) groups excluding carboxylic acids is 2. The normalized spacial score (nSPS) is 22.2. The third-order valence-electron chi connectivity index (χ3n) is 3.80. The summed E-state index contributed by atoms with van der Waals surface area (Å²) >= 11 is 3.33. The van der Waals surface area contributed by atoms with Crippen molar-refractivity contribution in [3.8, 4) is 0 Å². The van der Waals surface area contributed by atoms with E-state index in [1.165, 1.54) is 11.3 Å². The lowest BCUT2D eigenvalue weighted by molar-refractivity contribution is 0.0649. The van der Waals surface area contributed by atoms with Crippen molar-refractivity contribution in [1.82, 2.24) is 10.2 Å². The molecule has 0 radical (unpaired) electrons. The van der Waals surface area contributed by atoms with E-state index in [0.29, 0.717) is 23.7 Å². The topological polar surface area (TPSA) is 49.4 Å². The molecule has 4 nitrogen and oxygen atoms in total. The van der Waals surface area contributed by atoms with Crippen LogP contribution in [0, 0.1) is 0 Å². The Bertz CT molecular complexity index is 538. The van der Waals surface area contributed by atoms with Gasteiger partial charge in [-0.25, -0.2) is 0 Å². The molecule has 2 heterocycles. The van der Waals surface area contributed by atoms with E-state index in [9.17, 15) is 9.59 Å². The number of hydrogen-bond donors (Lipinski definition) is 1. The van der Waals surface area contributed by atoms with Crippen molar-refractivity contribution in [2.75, 3.05) is 13.1 Å². The van der Waals surface area contributed by atoms with Gasteiger partial charge in [0, 0.05) is 17.1 Å². The van der Waals surface area contributed by atoms with Gasteiger partial charge in [0.2, 0.25) is 0 Å². The summed E-state index contributed by atoms with van der Waals surface area (Å²) < 4.78 is 0.826. The first-order valence-corrected chi connectivity index (χ1v) is 7.35. The van der Waals surface area contributed by atoms with Crippen LogP contribution in [0.25, 0.3) is 0 Å². The highest BCUT2D eigenvalue weighted by molar-refractivity contribution is 9.10. The van der Waals surface area contributed by atoms with Crippen molar-refractivity contribution in [1.29, 1.82) is 0 Å². The monoisotopic (exact) mass is 322 g/mol. The number of benzene rings is 1. The van der Waals surface area contributed by atoms with Crippen molar-refractivity contribution in [2.45, 2.75) is 25.3 Å². The molecule has 5 heteroatoms. The summed E-state index contributed by atoms with van der Waals surface area (Å²) in [5, 5.41) is 3.38. The summed E-state index contributed by atoms with van der Waals surface area (Å²) in [6, 6.07) is 5.68. The largest absolute Gasteiger partial charge is 0.314 e. The molecule has 2 aliphatic rings. The van der Waals surface area contributed by atoms with E-state index in [-0.39, 0.29) is 11.8 Å². The standard InChI is InChI=1S/C14H15BrN2O2/c15-9-3-4-11-12(8-9)14(19)17(13(11)18)7-5-10-2-1-6-16-10/h3-4,8,10,16H,1-2,5-7H2. The van der Waals surface area contributed by atoms with Gasteiger partial charge in [0.05, 0.1) is 11.1 Å². The van der Waals surface area contributed by atoms with E-state index in [0.717, 1.165) is 23.9 Å². The Morgan fingerprint density at radius 2 is 2.05 bits per heavy atom. The van der Waals surface area contributed by atoms with Crippen LogP contribution < -0.4 is 5.32 Å². The van der Waals surface area contributed by atoms with E-state index < -0.39 is 0 Å². The Labute approximate surface area is 120 Å². The van der Waals surface area contributed by atoms with Gasteiger partial charge in [0.25, 0.3) is 11.8 Å². The first-order valence-electron chi connectivity index (χ1n) is 6.56. The number of nitrogens with one attached hydrogen (secondary N) is 1. The molecule has 100 valence electrons. The molecule has 1 atom stereocenters. The summed E-state index contributed by atoms with van der Waals surface area (Å²) in [4.78, 5) is 25.8. The Balaban J connectivity index is 1.74. The number of fused-ring (bicyclic) bond motifs is 1. The van der Waals surface area contributed by atoms with Gasteiger partial charge in [-0.2, -0.15) is 0 Å². The van der Waals surface area contributed by atoms with Gasteiger partial charge in [-0.05, 0) is 44.0 Å². The molecule has 0 saturated carbocycles. The first-order chi connectivity index (χ1) is 9.16. The minimum Gasteiger partial charge on any atom is -0.314 e. The molecule has 2 amide bonds.